The Labute approximate surface area is 45.6 Å². The molecule has 0 heterocycles. The van der Waals surface area contributed by atoms with E-state index in [0.29, 0.717) is 0 Å². The number of halogens is 1. The standard InChI is InChI=1S/C2H5BrSi2/c1-4-2-5-3/h2H2,1H3. The minimum absolute atomic E-state index is 0.983. The van der Waals surface area contributed by atoms with E-state index >= 15 is 0 Å². The molecular formula is C2H5BrSi2. The van der Waals surface area contributed by atoms with E-state index in [9.17, 15) is 0 Å². The van der Waals surface area contributed by atoms with Gasteiger partial charge in [-0.2, -0.15) is 0 Å². The normalized spacial score (nSPS) is 8.40. The first-order chi connectivity index (χ1) is 2.41. The van der Waals surface area contributed by atoms with Gasteiger partial charge in [-0.05, 0) is 0 Å². The molecule has 0 saturated heterocycles. The summed E-state index contributed by atoms with van der Waals surface area (Å²) in [5, 5.41) is 0. The molecule has 0 atom stereocenters. The third-order valence-electron chi connectivity index (χ3n) is 0.244. The smallest absolute Gasteiger partial charge is 0.132 e. The van der Waals surface area contributed by atoms with Crippen molar-refractivity contribution < 1.29 is 0 Å². The number of hydrogen-bond acceptors (Lipinski definition) is 0. The molecule has 0 aliphatic carbocycles. The highest BCUT2D eigenvalue weighted by atomic mass is 79.9. The Balaban J connectivity index is 2.19. The Kier molecular flexibility index (Phi) is 5.81. The van der Waals surface area contributed by atoms with Crippen LogP contribution in [0.15, 0.2) is 0 Å². The molecule has 5 heavy (non-hydrogen) atoms. The fraction of sp³-hybridized carbons (Fsp3) is 1.00. The third kappa shape index (κ3) is 4.91. The molecule has 3 heteroatoms. The maximum absolute atomic E-state index is 3.34. The van der Waals surface area contributed by atoms with Gasteiger partial charge in [0.1, 0.15) is 8.14 Å². The van der Waals surface area contributed by atoms with Gasteiger partial charge >= 0.3 is 0 Å². The second-order valence-electron chi connectivity index (χ2n) is 0.664. The summed E-state index contributed by atoms with van der Waals surface area (Å²) in [7, 11) is 2.11. The molecule has 28 valence electrons. The first-order valence-electron chi connectivity index (χ1n) is 1.40. The van der Waals surface area contributed by atoms with Crippen LogP contribution in [0.5, 0.6) is 0 Å². The van der Waals surface area contributed by atoms with E-state index in [1.54, 1.807) is 0 Å². The second kappa shape index (κ2) is 4.91. The van der Waals surface area contributed by atoms with E-state index in [0.717, 1.165) is 17.7 Å². The summed E-state index contributed by atoms with van der Waals surface area (Å²) in [5.74, 6) is 0. The van der Waals surface area contributed by atoms with Gasteiger partial charge in [-0.3, -0.25) is 0 Å². The van der Waals surface area contributed by atoms with Gasteiger partial charge in [-0.25, -0.2) is 0 Å². The van der Waals surface area contributed by atoms with Crippen LogP contribution in [0.25, 0.3) is 0 Å². The molecule has 0 rings (SSSR count). The van der Waals surface area contributed by atoms with Gasteiger partial charge in [0.15, 0.2) is 0 Å². The predicted molar refractivity (Wildman–Crippen MR) is 31.1 cm³/mol. The number of hydrogen-bond donors (Lipinski definition) is 0. The molecule has 0 bridgehead atoms. The van der Waals surface area contributed by atoms with Crippen molar-refractivity contribution in [3.63, 3.8) is 0 Å². The summed E-state index contributed by atoms with van der Waals surface area (Å²) in [6, 6.07) is 0. The largest absolute Gasteiger partial charge is 0.133 e. The van der Waals surface area contributed by atoms with Crippen LogP contribution >= 0.6 is 15.3 Å². The molecule has 0 aliphatic rings. The summed E-state index contributed by atoms with van der Waals surface area (Å²) in [5.41, 5.74) is 1.36. The maximum atomic E-state index is 3.34. The molecule has 0 N–H and O–H groups in total. The van der Waals surface area contributed by atoms with Gasteiger partial charge in [-0.15, -0.1) is 15.3 Å². The van der Waals surface area contributed by atoms with Crippen molar-refractivity contribution in [2.75, 3.05) is 0 Å². The van der Waals surface area contributed by atoms with Crippen molar-refractivity contribution in [3.05, 3.63) is 0 Å². The Bertz CT molecular complexity index is 15.1. The van der Waals surface area contributed by atoms with Crippen molar-refractivity contribution in [1.29, 1.82) is 0 Å². The van der Waals surface area contributed by atoms with Crippen molar-refractivity contribution in [2.24, 2.45) is 0 Å². The summed E-state index contributed by atoms with van der Waals surface area (Å²) in [4.78, 5) is 0. The monoisotopic (exact) mass is 164 g/mol. The lowest BCUT2D eigenvalue weighted by Gasteiger charge is -1.73. The molecular weight excluding hydrogens is 160 g/mol. The summed E-state index contributed by atoms with van der Waals surface area (Å²) >= 11 is 3.34. The highest BCUT2D eigenvalue weighted by Gasteiger charge is 1.74. The first-order valence-corrected chi connectivity index (χ1v) is 6.57. The quantitative estimate of drug-likeness (QED) is 0.425. The molecule has 0 nitrogen and oxygen atoms in total. The number of rotatable bonds is 2. The zero-order valence-corrected chi connectivity index (χ0v) is 6.67. The van der Waals surface area contributed by atoms with Crippen LogP contribution in [0.3, 0.4) is 0 Å². The van der Waals surface area contributed by atoms with E-state index < -0.39 is 0 Å². The molecule has 0 unspecified atom stereocenters. The summed E-state index contributed by atoms with van der Waals surface area (Å²) in [6.45, 7) is 2.22. The van der Waals surface area contributed by atoms with Crippen molar-refractivity contribution in [3.8, 4) is 0 Å². The molecule has 0 amide bonds. The van der Waals surface area contributed by atoms with Crippen LogP contribution in [0.1, 0.15) is 0 Å². The topological polar surface area (TPSA) is 0 Å². The minimum Gasteiger partial charge on any atom is -0.132 e. The lowest BCUT2D eigenvalue weighted by atomic mass is 11.9. The molecule has 4 radical (unpaired) electrons. The highest BCUT2D eigenvalue weighted by molar-refractivity contribution is 9.23. The molecule has 0 fully saturated rings. The molecule has 0 spiro atoms. The molecule has 0 aliphatic heterocycles. The van der Waals surface area contributed by atoms with Crippen LogP contribution in [0, 0.1) is 0 Å². The van der Waals surface area contributed by atoms with Gasteiger partial charge in [0.2, 0.25) is 0 Å². The van der Waals surface area contributed by atoms with Crippen LogP contribution in [-0.2, 0) is 0 Å². The van der Waals surface area contributed by atoms with Gasteiger partial charge in [0.05, 0.1) is 0 Å². The van der Waals surface area contributed by atoms with Crippen LogP contribution in [0.4, 0.5) is 0 Å². The first kappa shape index (κ1) is 5.91. The van der Waals surface area contributed by atoms with E-state index in [2.05, 4.69) is 21.8 Å². The zero-order chi connectivity index (χ0) is 4.12. The zero-order valence-electron chi connectivity index (χ0n) is 3.09. The van der Waals surface area contributed by atoms with E-state index in [4.69, 9.17) is 0 Å². The summed E-state index contributed by atoms with van der Waals surface area (Å²) in [6.07, 6.45) is 0. The average molecular weight is 165 g/mol. The lowest BCUT2D eigenvalue weighted by molar-refractivity contribution is 1.99. The van der Waals surface area contributed by atoms with Crippen LogP contribution in [-0.4, -0.2) is 17.7 Å². The highest BCUT2D eigenvalue weighted by Crippen LogP contribution is 1.78. The van der Waals surface area contributed by atoms with Gasteiger partial charge in [0, 0.05) is 9.52 Å². The van der Waals surface area contributed by atoms with Gasteiger partial charge in [-0.1, -0.05) is 12.2 Å². The molecule has 0 aromatic heterocycles. The second-order valence-corrected chi connectivity index (χ2v) is 4.73. The van der Waals surface area contributed by atoms with E-state index in [1.165, 1.54) is 5.67 Å². The van der Waals surface area contributed by atoms with E-state index in [-0.39, 0.29) is 0 Å². The summed E-state index contributed by atoms with van der Waals surface area (Å²) < 4.78 is 0. The molecule has 0 saturated carbocycles. The predicted octanol–water partition coefficient (Wildman–Crippen LogP) is 1.13. The van der Waals surface area contributed by atoms with Crippen molar-refractivity contribution in [2.45, 2.75) is 12.2 Å². The minimum atomic E-state index is 0.983. The van der Waals surface area contributed by atoms with Crippen LogP contribution < -0.4 is 0 Å². The Hall–Kier alpha value is 0.914. The third-order valence-corrected chi connectivity index (χ3v) is 4.72. The SMILES string of the molecule is C[Si]C[Si]Br. The Morgan fingerprint density at radius 1 is 1.80 bits per heavy atom. The fourth-order valence-electron chi connectivity index (χ4n) is 0.0668. The lowest BCUT2D eigenvalue weighted by Crippen LogP contribution is -1.81. The Morgan fingerprint density at radius 3 is 2.40 bits per heavy atom. The van der Waals surface area contributed by atoms with E-state index in [1.807, 2.05) is 0 Å². The maximum Gasteiger partial charge on any atom is 0.133 e. The Morgan fingerprint density at radius 2 is 2.40 bits per heavy atom. The average Bonchev–Trinajstić information content (AvgIpc) is 1.41. The van der Waals surface area contributed by atoms with Crippen molar-refractivity contribution >= 4 is 33.0 Å². The van der Waals surface area contributed by atoms with Gasteiger partial charge in [0.25, 0.3) is 0 Å². The van der Waals surface area contributed by atoms with Gasteiger partial charge < -0.3 is 0 Å². The fourth-order valence-corrected chi connectivity index (χ4v) is 3.12. The molecule has 0 aromatic carbocycles. The van der Waals surface area contributed by atoms with Crippen LogP contribution in [0.2, 0.25) is 12.2 Å². The molecule has 0 aromatic rings. The van der Waals surface area contributed by atoms with Crippen molar-refractivity contribution in [1.82, 2.24) is 0 Å².